The van der Waals surface area contributed by atoms with E-state index in [4.69, 9.17) is 4.42 Å². The van der Waals surface area contributed by atoms with Gasteiger partial charge >= 0.3 is 0 Å². The van der Waals surface area contributed by atoms with Crippen molar-refractivity contribution in [1.82, 2.24) is 14.5 Å². The van der Waals surface area contributed by atoms with Gasteiger partial charge < -0.3 is 8.98 Å². The van der Waals surface area contributed by atoms with Gasteiger partial charge in [0.2, 0.25) is 0 Å². The molecule has 0 aliphatic rings. The first-order chi connectivity index (χ1) is 18.8. The average Bonchev–Trinajstić information content (AvgIpc) is 3.53. The van der Waals surface area contributed by atoms with Crippen LogP contribution in [-0.4, -0.2) is 14.5 Å². The lowest BCUT2D eigenvalue weighted by Gasteiger charge is -2.09. The van der Waals surface area contributed by atoms with Crippen molar-refractivity contribution in [2.75, 3.05) is 0 Å². The van der Waals surface area contributed by atoms with Gasteiger partial charge in [0.15, 0.2) is 5.58 Å². The summed E-state index contributed by atoms with van der Waals surface area (Å²) in [5, 5.41) is 3.47. The number of hydrogen-bond donors (Lipinski definition) is 0. The Bertz CT molecular complexity index is 2140. The van der Waals surface area contributed by atoms with Gasteiger partial charge in [-0.15, -0.1) is 0 Å². The molecule has 3 aromatic heterocycles. The lowest BCUT2D eigenvalue weighted by atomic mass is 9.99. The molecule has 0 N–H and O–H groups in total. The molecule has 0 saturated heterocycles. The van der Waals surface area contributed by atoms with Crippen molar-refractivity contribution in [1.29, 1.82) is 0 Å². The zero-order valence-electron chi connectivity index (χ0n) is 20.4. The van der Waals surface area contributed by atoms with Gasteiger partial charge in [-0.2, -0.15) is 0 Å². The molecule has 8 aromatic rings. The Morgan fingerprint density at radius 3 is 2.18 bits per heavy atom. The molecule has 4 heteroatoms. The Kier molecular flexibility index (Phi) is 4.49. The summed E-state index contributed by atoms with van der Waals surface area (Å²) < 4.78 is 8.54. The van der Waals surface area contributed by atoms with Gasteiger partial charge in [0.25, 0.3) is 0 Å². The molecule has 8 rings (SSSR count). The lowest BCUT2D eigenvalue weighted by molar-refractivity contribution is 0.667. The van der Waals surface area contributed by atoms with E-state index in [0.29, 0.717) is 5.58 Å². The van der Waals surface area contributed by atoms with E-state index in [2.05, 4.69) is 112 Å². The Balaban J connectivity index is 1.31. The zero-order valence-corrected chi connectivity index (χ0v) is 20.4. The fraction of sp³-hybridized carbons (Fsp3) is 0. The fourth-order valence-electron chi connectivity index (χ4n) is 5.58. The molecular formula is C34H21N3O. The minimum Gasteiger partial charge on any atom is -0.452 e. The first-order valence-electron chi connectivity index (χ1n) is 12.7. The van der Waals surface area contributed by atoms with Gasteiger partial charge in [0.1, 0.15) is 23.1 Å². The summed E-state index contributed by atoms with van der Waals surface area (Å²) in [5.74, 6) is 0. The second-order valence-corrected chi connectivity index (χ2v) is 9.50. The van der Waals surface area contributed by atoms with Gasteiger partial charge in [-0.05, 0) is 59.7 Å². The fourth-order valence-corrected chi connectivity index (χ4v) is 5.58. The van der Waals surface area contributed by atoms with E-state index in [1.807, 2.05) is 24.3 Å². The minimum absolute atomic E-state index is 0.715. The molecular weight excluding hydrogens is 466 g/mol. The van der Waals surface area contributed by atoms with E-state index in [0.717, 1.165) is 44.6 Å². The molecule has 0 saturated carbocycles. The van der Waals surface area contributed by atoms with Crippen LogP contribution in [0.25, 0.3) is 71.9 Å². The summed E-state index contributed by atoms with van der Waals surface area (Å²) in [4.78, 5) is 9.15. The van der Waals surface area contributed by atoms with E-state index in [1.165, 1.54) is 21.8 Å². The van der Waals surface area contributed by atoms with E-state index >= 15 is 0 Å². The lowest BCUT2D eigenvalue weighted by Crippen LogP contribution is -1.92. The van der Waals surface area contributed by atoms with Crippen LogP contribution in [0.5, 0.6) is 0 Å². The first-order valence-corrected chi connectivity index (χ1v) is 12.7. The number of fused-ring (bicyclic) bond motifs is 6. The number of furan rings is 1. The molecule has 4 nitrogen and oxygen atoms in total. The van der Waals surface area contributed by atoms with Crippen LogP contribution < -0.4 is 0 Å². The third-order valence-corrected chi connectivity index (χ3v) is 7.31. The van der Waals surface area contributed by atoms with Crippen LogP contribution in [0.15, 0.2) is 132 Å². The number of nitrogens with zero attached hydrogens (tertiary/aromatic N) is 3. The topological polar surface area (TPSA) is 43.9 Å². The molecule has 178 valence electrons. The van der Waals surface area contributed by atoms with Crippen molar-refractivity contribution < 1.29 is 4.42 Å². The third kappa shape index (κ3) is 3.10. The van der Waals surface area contributed by atoms with Crippen LogP contribution in [-0.2, 0) is 0 Å². The zero-order chi connectivity index (χ0) is 25.1. The Hall–Kier alpha value is -5.22. The minimum atomic E-state index is 0.715. The normalized spacial score (nSPS) is 11.7. The number of rotatable bonds is 3. The van der Waals surface area contributed by atoms with Crippen molar-refractivity contribution in [2.45, 2.75) is 0 Å². The van der Waals surface area contributed by atoms with Gasteiger partial charge in [-0.25, -0.2) is 9.97 Å². The molecule has 0 unspecified atom stereocenters. The first kappa shape index (κ1) is 20.9. The van der Waals surface area contributed by atoms with Crippen LogP contribution in [0.1, 0.15) is 0 Å². The molecule has 0 spiro atoms. The Morgan fingerprint density at radius 2 is 1.26 bits per heavy atom. The molecule has 0 bridgehead atoms. The maximum absolute atomic E-state index is 6.21. The molecule has 0 fully saturated rings. The van der Waals surface area contributed by atoms with Crippen molar-refractivity contribution >= 4 is 43.9 Å². The number of para-hydroxylation sites is 3. The number of aromatic nitrogens is 3. The van der Waals surface area contributed by atoms with Gasteiger partial charge in [-0.1, -0.05) is 72.8 Å². The van der Waals surface area contributed by atoms with Gasteiger partial charge in [0.05, 0.1) is 11.0 Å². The van der Waals surface area contributed by atoms with Crippen LogP contribution in [0.3, 0.4) is 0 Å². The number of hydrogen-bond acceptors (Lipinski definition) is 3. The molecule has 0 atom stereocenters. The number of benzene rings is 5. The summed E-state index contributed by atoms with van der Waals surface area (Å²) in [5.41, 5.74) is 10.0. The molecule has 3 heterocycles. The second kappa shape index (κ2) is 8.15. The highest BCUT2D eigenvalue weighted by molar-refractivity contribution is 6.10. The van der Waals surface area contributed by atoms with E-state index < -0.39 is 0 Å². The quantitative estimate of drug-likeness (QED) is 0.250. The highest BCUT2D eigenvalue weighted by Crippen LogP contribution is 2.37. The summed E-state index contributed by atoms with van der Waals surface area (Å²) in [7, 11) is 0. The highest BCUT2D eigenvalue weighted by atomic mass is 16.3. The smallest absolute Gasteiger partial charge is 0.180 e. The van der Waals surface area contributed by atoms with Crippen molar-refractivity contribution in [3.05, 3.63) is 128 Å². The van der Waals surface area contributed by atoms with Crippen molar-refractivity contribution in [3.63, 3.8) is 0 Å². The van der Waals surface area contributed by atoms with Gasteiger partial charge in [0, 0.05) is 27.4 Å². The maximum atomic E-state index is 6.21. The molecule has 0 aliphatic heterocycles. The van der Waals surface area contributed by atoms with Crippen molar-refractivity contribution in [3.8, 4) is 28.1 Å². The maximum Gasteiger partial charge on any atom is 0.180 e. The molecule has 38 heavy (non-hydrogen) atoms. The predicted octanol–water partition coefficient (Wildman–Crippen LogP) is 8.81. The summed E-state index contributed by atoms with van der Waals surface area (Å²) >= 11 is 0. The summed E-state index contributed by atoms with van der Waals surface area (Å²) in [6.45, 7) is 0. The summed E-state index contributed by atoms with van der Waals surface area (Å²) in [6, 6.07) is 42.4. The van der Waals surface area contributed by atoms with Crippen LogP contribution in [0.4, 0.5) is 0 Å². The second-order valence-electron chi connectivity index (χ2n) is 9.50. The SMILES string of the molecule is c1ccc(-n2c3ccccc3c3cc(-c4cccc(-c5ncnc6c5oc5ccccc56)c4)ccc32)cc1. The van der Waals surface area contributed by atoms with E-state index in [-0.39, 0.29) is 0 Å². The van der Waals surface area contributed by atoms with Crippen LogP contribution in [0.2, 0.25) is 0 Å². The third-order valence-electron chi connectivity index (χ3n) is 7.31. The van der Waals surface area contributed by atoms with Crippen LogP contribution >= 0.6 is 0 Å². The van der Waals surface area contributed by atoms with E-state index in [1.54, 1.807) is 6.33 Å². The highest BCUT2D eigenvalue weighted by Gasteiger charge is 2.16. The molecule has 0 amide bonds. The van der Waals surface area contributed by atoms with Crippen LogP contribution in [0, 0.1) is 0 Å². The Labute approximate surface area is 218 Å². The Morgan fingerprint density at radius 1 is 0.526 bits per heavy atom. The standard InChI is InChI=1S/C34H21N3O/c1-2-11-25(12-3-1)37-29-15-6-4-13-26(29)28-20-23(17-18-30(28)37)22-9-8-10-24(19-22)32-34-33(36-21-35-32)27-14-5-7-16-31(27)38-34/h1-21H. The van der Waals surface area contributed by atoms with Crippen molar-refractivity contribution in [2.24, 2.45) is 0 Å². The van der Waals surface area contributed by atoms with E-state index in [9.17, 15) is 0 Å². The predicted molar refractivity (Wildman–Crippen MR) is 155 cm³/mol. The monoisotopic (exact) mass is 487 g/mol. The molecule has 0 aliphatic carbocycles. The average molecular weight is 488 g/mol. The molecule has 0 radical (unpaired) electrons. The largest absolute Gasteiger partial charge is 0.452 e. The molecule has 5 aromatic carbocycles. The van der Waals surface area contributed by atoms with Gasteiger partial charge in [-0.3, -0.25) is 0 Å². The summed E-state index contributed by atoms with van der Waals surface area (Å²) in [6.07, 6.45) is 1.62.